The molecule has 1 saturated heterocycles. The fourth-order valence-corrected chi connectivity index (χ4v) is 3.14. The predicted molar refractivity (Wildman–Crippen MR) is 93.6 cm³/mol. The molecule has 0 bridgehead atoms. The highest BCUT2D eigenvalue weighted by Gasteiger charge is 2.27. The minimum absolute atomic E-state index is 0.0823. The fraction of sp³-hybridized carbons (Fsp3) is 0.368. The first-order valence-electron chi connectivity index (χ1n) is 8.53. The minimum Gasteiger partial charge on any atom is -0.361 e. The third-order valence-electron chi connectivity index (χ3n) is 4.58. The predicted octanol–water partition coefficient (Wildman–Crippen LogP) is 2.15. The third kappa shape index (κ3) is 3.45. The van der Waals surface area contributed by atoms with E-state index in [4.69, 9.17) is 9.78 Å². The second kappa shape index (κ2) is 7.40. The molecule has 26 heavy (non-hydrogen) atoms. The summed E-state index contributed by atoms with van der Waals surface area (Å²) in [4.78, 5) is 28.9. The van der Waals surface area contributed by atoms with Crippen molar-refractivity contribution in [3.05, 3.63) is 52.4 Å². The molecule has 0 atom stereocenters. The van der Waals surface area contributed by atoms with E-state index in [2.05, 4.69) is 5.16 Å². The fourth-order valence-electron chi connectivity index (χ4n) is 3.14. The lowest BCUT2D eigenvalue weighted by Gasteiger charge is -2.22. The van der Waals surface area contributed by atoms with E-state index in [-0.39, 0.29) is 11.8 Å². The van der Waals surface area contributed by atoms with Crippen molar-refractivity contribution in [1.82, 2.24) is 15.0 Å². The van der Waals surface area contributed by atoms with Crippen LogP contribution in [0.15, 0.2) is 28.8 Å². The molecule has 0 unspecified atom stereocenters. The van der Waals surface area contributed by atoms with Crippen LogP contribution in [0.5, 0.6) is 0 Å². The highest BCUT2D eigenvalue weighted by Crippen LogP contribution is 2.17. The highest BCUT2D eigenvalue weighted by molar-refractivity contribution is 5.96. The second-order valence-electron chi connectivity index (χ2n) is 6.33. The normalized spacial score (nSPS) is 14.7. The summed E-state index contributed by atoms with van der Waals surface area (Å²) in [6.45, 7) is 5.58. The molecule has 1 fully saturated rings. The number of hydrogen-bond acceptors (Lipinski definition) is 5. The molecule has 7 heteroatoms. The average molecular weight is 352 g/mol. The van der Waals surface area contributed by atoms with E-state index in [1.165, 1.54) is 0 Å². The molecular formula is C19H20N4O3. The van der Waals surface area contributed by atoms with Crippen LogP contribution < -0.4 is 0 Å². The summed E-state index contributed by atoms with van der Waals surface area (Å²) < 4.78 is 5.09. The van der Waals surface area contributed by atoms with Gasteiger partial charge >= 0.3 is 0 Å². The van der Waals surface area contributed by atoms with Gasteiger partial charge in [-0.25, -0.2) is 0 Å². The second-order valence-corrected chi connectivity index (χ2v) is 6.33. The molecule has 2 aromatic rings. The van der Waals surface area contributed by atoms with Gasteiger partial charge in [0.1, 0.15) is 11.3 Å². The Hall–Kier alpha value is -3.14. The van der Waals surface area contributed by atoms with Gasteiger partial charge < -0.3 is 14.3 Å². The third-order valence-corrected chi connectivity index (χ3v) is 4.58. The van der Waals surface area contributed by atoms with E-state index in [0.717, 1.165) is 0 Å². The Morgan fingerprint density at radius 3 is 2.19 bits per heavy atom. The molecule has 0 saturated carbocycles. The van der Waals surface area contributed by atoms with Gasteiger partial charge in [-0.05, 0) is 44.5 Å². The number of rotatable bonds is 2. The van der Waals surface area contributed by atoms with Crippen LogP contribution in [0.4, 0.5) is 0 Å². The molecule has 0 N–H and O–H groups in total. The molecule has 2 heterocycles. The quantitative estimate of drug-likeness (QED) is 0.826. The van der Waals surface area contributed by atoms with Crippen molar-refractivity contribution < 1.29 is 14.1 Å². The van der Waals surface area contributed by atoms with Crippen LogP contribution in [-0.2, 0) is 0 Å². The van der Waals surface area contributed by atoms with Gasteiger partial charge in [0.25, 0.3) is 11.8 Å². The molecule has 1 aromatic carbocycles. The van der Waals surface area contributed by atoms with Crippen molar-refractivity contribution in [3.8, 4) is 6.07 Å². The molecule has 0 aliphatic carbocycles. The number of nitriles is 1. The van der Waals surface area contributed by atoms with E-state index in [1.54, 1.807) is 47.9 Å². The van der Waals surface area contributed by atoms with Gasteiger partial charge in [-0.2, -0.15) is 5.26 Å². The summed E-state index contributed by atoms with van der Waals surface area (Å²) in [5.41, 5.74) is 2.17. The van der Waals surface area contributed by atoms with Crippen molar-refractivity contribution >= 4 is 11.8 Å². The maximum absolute atomic E-state index is 12.8. The van der Waals surface area contributed by atoms with Gasteiger partial charge in [-0.3, -0.25) is 9.59 Å². The molecule has 1 aromatic heterocycles. The molecule has 2 amide bonds. The summed E-state index contributed by atoms with van der Waals surface area (Å²) >= 11 is 0. The van der Waals surface area contributed by atoms with Gasteiger partial charge in [0, 0.05) is 31.7 Å². The molecular weight excluding hydrogens is 332 g/mol. The smallest absolute Gasteiger partial charge is 0.259 e. The van der Waals surface area contributed by atoms with Crippen LogP contribution >= 0.6 is 0 Å². The number of nitrogens with zero attached hydrogens (tertiary/aromatic N) is 4. The lowest BCUT2D eigenvalue weighted by molar-refractivity contribution is 0.0717. The van der Waals surface area contributed by atoms with Crippen LogP contribution in [0, 0.1) is 25.2 Å². The van der Waals surface area contributed by atoms with Crippen LogP contribution in [0.2, 0.25) is 0 Å². The summed E-state index contributed by atoms with van der Waals surface area (Å²) in [6.07, 6.45) is 0.705. The highest BCUT2D eigenvalue weighted by atomic mass is 16.5. The van der Waals surface area contributed by atoms with E-state index in [0.29, 0.717) is 60.7 Å². The molecule has 3 rings (SSSR count). The lowest BCUT2D eigenvalue weighted by atomic mass is 10.1. The Labute approximate surface area is 151 Å². The molecule has 134 valence electrons. The largest absolute Gasteiger partial charge is 0.361 e. The standard InChI is InChI=1S/C19H20N4O3/c1-13-17(14(2)26-21-13)19(25)23-9-3-8-22(10-11-23)18(24)16-6-4-15(12-20)5-7-16/h4-7H,3,8-11H2,1-2H3. The first-order chi connectivity index (χ1) is 12.5. The van der Waals surface area contributed by atoms with Crippen molar-refractivity contribution in [2.45, 2.75) is 20.3 Å². The number of carbonyl (C=O) groups excluding carboxylic acids is 2. The number of aryl methyl sites for hydroxylation is 2. The van der Waals surface area contributed by atoms with Gasteiger partial charge in [-0.1, -0.05) is 5.16 Å². The lowest BCUT2D eigenvalue weighted by Crippen LogP contribution is -2.37. The first kappa shape index (κ1) is 17.7. The minimum atomic E-state index is -0.103. The van der Waals surface area contributed by atoms with Crippen LogP contribution in [-0.4, -0.2) is 52.9 Å². The van der Waals surface area contributed by atoms with Crippen molar-refractivity contribution in [1.29, 1.82) is 5.26 Å². The van der Waals surface area contributed by atoms with Gasteiger partial charge in [0.2, 0.25) is 0 Å². The summed E-state index contributed by atoms with van der Waals surface area (Å²) in [5.74, 6) is 0.331. The molecule has 7 nitrogen and oxygen atoms in total. The molecule has 1 aliphatic rings. The van der Waals surface area contributed by atoms with Crippen LogP contribution in [0.3, 0.4) is 0 Å². The molecule has 1 aliphatic heterocycles. The molecule has 0 radical (unpaired) electrons. The average Bonchev–Trinajstić information content (AvgIpc) is 2.86. The number of benzene rings is 1. The van der Waals surface area contributed by atoms with Gasteiger partial charge in [0.15, 0.2) is 0 Å². The number of amides is 2. The van der Waals surface area contributed by atoms with Gasteiger partial charge in [-0.15, -0.1) is 0 Å². The Morgan fingerprint density at radius 2 is 1.65 bits per heavy atom. The number of carbonyl (C=O) groups is 2. The van der Waals surface area contributed by atoms with E-state index < -0.39 is 0 Å². The zero-order chi connectivity index (χ0) is 18.7. The van der Waals surface area contributed by atoms with Crippen LogP contribution in [0.25, 0.3) is 0 Å². The van der Waals surface area contributed by atoms with E-state index in [9.17, 15) is 9.59 Å². The Morgan fingerprint density at radius 1 is 1.04 bits per heavy atom. The zero-order valence-electron chi connectivity index (χ0n) is 14.9. The summed E-state index contributed by atoms with van der Waals surface area (Å²) in [5, 5.41) is 12.7. The Balaban J connectivity index is 1.69. The zero-order valence-corrected chi connectivity index (χ0v) is 14.9. The number of aromatic nitrogens is 1. The maximum atomic E-state index is 12.8. The van der Waals surface area contributed by atoms with Crippen molar-refractivity contribution in [2.75, 3.05) is 26.2 Å². The van der Waals surface area contributed by atoms with Crippen LogP contribution in [0.1, 0.15) is 44.2 Å². The molecule has 0 spiro atoms. The first-order valence-corrected chi connectivity index (χ1v) is 8.53. The van der Waals surface area contributed by atoms with Gasteiger partial charge in [0.05, 0.1) is 17.3 Å². The monoisotopic (exact) mass is 352 g/mol. The number of hydrogen-bond donors (Lipinski definition) is 0. The maximum Gasteiger partial charge on any atom is 0.259 e. The van der Waals surface area contributed by atoms with Crippen molar-refractivity contribution in [2.24, 2.45) is 0 Å². The Kier molecular flexibility index (Phi) is 5.03. The van der Waals surface area contributed by atoms with E-state index in [1.807, 2.05) is 6.07 Å². The summed E-state index contributed by atoms with van der Waals surface area (Å²) in [6, 6.07) is 8.65. The summed E-state index contributed by atoms with van der Waals surface area (Å²) in [7, 11) is 0. The topological polar surface area (TPSA) is 90.4 Å². The SMILES string of the molecule is Cc1noc(C)c1C(=O)N1CCCN(C(=O)c2ccc(C#N)cc2)CC1. The Bertz CT molecular complexity index is 844. The van der Waals surface area contributed by atoms with Crippen molar-refractivity contribution in [3.63, 3.8) is 0 Å². The van der Waals surface area contributed by atoms with E-state index >= 15 is 0 Å².